The molecule has 0 N–H and O–H groups in total. The van der Waals surface area contributed by atoms with Gasteiger partial charge in [0.1, 0.15) is 5.82 Å². The summed E-state index contributed by atoms with van der Waals surface area (Å²) >= 11 is 0. The SMILES string of the molecule is COCCN(C[C@H]1CN(Cc2cccn2C)C[C@H]1c1cccc(F)c1)C(=O)C(C)C. The van der Waals surface area contributed by atoms with Crippen molar-refractivity contribution in [3.63, 3.8) is 0 Å². The van der Waals surface area contributed by atoms with E-state index in [0.717, 1.165) is 25.2 Å². The molecule has 164 valence electrons. The molecule has 1 amide bonds. The molecule has 0 radical (unpaired) electrons. The Morgan fingerprint density at radius 1 is 1.27 bits per heavy atom. The number of nitrogens with zero attached hydrogens (tertiary/aromatic N) is 3. The van der Waals surface area contributed by atoms with Crippen LogP contribution in [0.15, 0.2) is 42.6 Å². The summed E-state index contributed by atoms with van der Waals surface area (Å²) in [7, 11) is 3.71. The molecule has 3 rings (SSSR count). The average Bonchev–Trinajstić information content (AvgIpc) is 3.30. The normalized spacial score (nSPS) is 19.5. The Labute approximate surface area is 179 Å². The van der Waals surface area contributed by atoms with E-state index in [4.69, 9.17) is 4.74 Å². The summed E-state index contributed by atoms with van der Waals surface area (Å²) in [6.07, 6.45) is 2.06. The summed E-state index contributed by atoms with van der Waals surface area (Å²) in [5, 5.41) is 0. The molecule has 2 heterocycles. The molecule has 0 aliphatic carbocycles. The predicted molar refractivity (Wildman–Crippen MR) is 117 cm³/mol. The van der Waals surface area contributed by atoms with Crippen LogP contribution in [-0.2, 0) is 23.1 Å². The zero-order valence-corrected chi connectivity index (χ0v) is 18.6. The maximum atomic E-state index is 14.0. The van der Waals surface area contributed by atoms with Crippen LogP contribution in [0.2, 0.25) is 0 Å². The number of carbonyl (C=O) groups is 1. The monoisotopic (exact) mass is 415 g/mol. The molecular weight excluding hydrogens is 381 g/mol. The summed E-state index contributed by atoms with van der Waals surface area (Å²) < 4.78 is 21.3. The van der Waals surface area contributed by atoms with Gasteiger partial charge in [0.25, 0.3) is 0 Å². The van der Waals surface area contributed by atoms with Crippen molar-refractivity contribution in [2.45, 2.75) is 26.3 Å². The Balaban J connectivity index is 1.81. The van der Waals surface area contributed by atoms with Crippen LogP contribution in [0.3, 0.4) is 0 Å². The molecule has 1 aliphatic rings. The first-order valence-corrected chi connectivity index (χ1v) is 10.7. The highest BCUT2D eigenvalue weighted by Crippen LogP contribution is 2.34. The zero-order valence-electron chi connectivity index (χ0n) is 18.6. The molecule has 6 heteroatoms. The number of aromatic nitrogens is 1. The lowest BCUT2D eigenvalue weighted by atomic mass is 9.88. The van der Waals surface area contributed by atoms with E-state index < -0.39 is 0 Å². The second-order valence-corrected chi connectivity index (χ2v) is 8.66. The number of methoxy groups -OCH3 is 1. The number of amides is 1. The number of likely N-dealkylation sites (tertiary alicyclic amines) is 1. The van der Waals surface area contributed by atoms with E-state index >= 15 is 0 Å². The van der Waals surface area contributed by atoms with E-state index in [1.807, 2.05) is 24.8 Å². The maximum absolute atomic E-state index is 14.0. The quantitative estimate of drug-likeness (QED) is 0.629. The lowest BCUT2D eigenvalue weighted by Gasteiger charge is -2.29. The third-order valence-corrected chi connectivity index (χ3v) is 6.06. The van der Waals surface area contributed by atoms with Crippen molar-refractivity contribution in [3.8, 4) is 0 Å². The first kappa shape index (κ1) is 22.5. The predicted octanol–water partition coefficient (Wildman–Crippen LogP) is 3.51. The highest BCUT2D eigenvalue weighted by molar-refractivity contribution is 5.78. The lowest BCUT2D eigenvalue weighted by molar-refractivity contribution is -0.135. The summed E-state index contributed by atoms with van der Waals surface area (Å²) in [4.78, 5) is 17.2. The number of benzene rings is 1. The Morgan fingerprint density at radius 2 is 2.07 bits per heavy atom. The first-order chi connectivity index (χ1) is 14.4. The van der Waals surface area contributed by atoms with Gasteiger partial charge in [-0.1, -0.05) is 26.0 Å². The molecule has 0 bridgehead atoms. The molecule has 2 atom stereocenters. The number of halogens is 1. The Hall–Kier alpha value is -2.18. The molecule has 2 aromatic rings. The average molecular weight is 416 g/mol. The number of carbonyl (C=O) groups excluding carboxylic acids is 1. The van der Waals surface area contributed by atoms with Gasteiger partial charge in [0.15, 0.2) is 0 Å². The topological polar surface area (TPSA) is 37.7 Å². The second kappa shape index (κ2) is 10.2. The van der Waals surface area contributed by atoms with Gasteiger partial charge in [-0.25, -0.2) is 4.39 Å². The fourth-order valence-corrected chi connectivity index (χ4v) is 4.42. The molecule has 0 saturated carbocycles. The molecular formula is C24H34FN3O2. The number of hydrogen-bond acceptors (Lipinski definition) is 3. The van der Waals surface area contributed by atoms with Crippen molar-refractivity contribution < 1.29 is 13.9 Å². The summed E-state index contributed by atoms with van der Waals surface area (Å²) in [6.45, 7) is 8.20. The molecule has 30 heavy (non-hydrogen) atoms. The summed E-state index contributed by atoms with van der Waals surface area (Å²) in [6, 6.07) is 11.1. The third kappa shape index (κ3) is 5.49. The van der Waals surface area contributed by atoms with Crippen molar-refractivity contribution >= 4 is 5.91 Å². The Kier molecular flexibility index (Phi) is 7.67. The van der Waals surface area contributed by atoms with Crippen molar-refractivity contribution in [2.24, 2.45) is 18.9 Å². The van der Waals surface area contributed by atoms with E-state index in [-0.39, 0.29) is 29.5 Å². The minimum Gasteiger partial charge on any atom is -0.383 e. The fourth-order valence-electron chi connectivity index (χ4n) is 4.42. The van der Waals surface area contributed by atoms with Crippen molar-refractivity contribution in [3.05, 3.63) is 59.7 Å². The zero-order chi connectivity index (χ0) is 21.7. The minimum absolute atomic E-state index is 0.0599. The van der Waals surface area contributed by atoms with Crippen molar-refractivity contribution in [2.75, 3.05) is 39.9 Å². The third-order valence-electron chi connectivity index (χ3n) is 6.06. The van der Waals surface area contributed by atoms with E-state index in [1.165, 1.54) is 11.8 Å². The lowest BCUT2D eigenvalue weighted by Crippen LogP contribution is -2.41. The van der Waals surface area contributed by atoms with Gasteiger partial charge in [0.2, 0.25) is 5.91 Å². The van der Waals surface area contributed by atoms with E-state index in [9.17, 15) is 9.18 Å². The largest absolute Gasteiger partial charge is 0.383 e. The number of hydrogen-bond donors (Lipinski definition) is 0. The van der Waals surface area contributed by atoms with Crippen molar-refractivity contribution in [1.82, 2.24) is 14.4 Å². The van der Waals surface area contributed by atoms with Gasteiger partial charge >= 0.3 is 0 Å². The van der Waals surface area contributed by atoms with Crippen LogP contribution in [0.5, 0.6) is 0 Å². The number of aryl methyl sites for hydroxylation is 1. The van der Waals surface area contributed by atoms with E-state index in [1.54, 1.807) is 19.2 Å². The summed E-state index contributed by atoms with van der Waals surface area (Å²) in [5.41, 5.74) is 2.27. The molecule has 1 aliphatic heterocycles. The highest BCUT2D eigenvalue weighted by Gasteiger charge is 2.36. The minimum atomic E-state index is -0.207. The molecule has 0 spiro atoms. The molecule has 1 saturated heterocycles. The van der Waals surface area contributed by atoms with Gasteiger partial charge < -0.3 is 14.2 Å². The van der Waals surface area contributed by atoms with Gasteiger partial charge in [-0.3, -0.25) is 9.69 Å². The van der Waals surface area contributed by atoms with Crippen LogP contribution in [0.25, 0.3) is 0 Å². The van der Waals surface area contributed by atoms with Crippen LogP contribution in [0.1, 0.15) is 31.0 Å². The molecule has 1 aromatic carbocycles. The molecule has 1 aromatic heterocycles. The van der Waals surface area contributed by atoms with Crippen molar-refractivity contribution in [1.29, 1.82) is 0 Å². The smallest absolute Gasteiger partial charge is 0.225 e. The van der Waals surface area contributed by atoms with Crippen LogP contribution >= 0.6 is 0 Å². The summed E-state index contributed by atoms with van der Waals surface area (Å²) in [5.74, 6) is 0.306. The van der Waals surface area contributed by atoms with Gasteiger partial charge in [-0.2, -0.15) is 0 Å². The first-order valence-electron chi connectivity index (χ1n) is 10.7. The number of rotatable bonds is 9. The van der Waals surface area contributed by atoms with Crippen LogP contribution < -0.4 is 0 Å². The van der Waals surface area contributed by atoms with Gasteiger partial charge in [-0.15, -0.1) is 0 Å². The van der Waals surface area contributed by atoms with Gasteiger partial charge in [0, 0.05) is 70.6 Å². The molecule has 5 nitrogen and oxygen atoms in total. The van der Waals surface area contributed by atoms with E-state index in [0.29, 0.717) is 19.7 Å². The van der Waals surface area contributed by atoms with Crippen LogP contribution in [0, 0.1) is 17.7 Å². The van der Waals surface area contributed by atoms with Crippen LogP contribution in [0.4, 0.5) is 4.39 Å². The highest BCUT2D eigenvalue weighted by atomic mass is 19.1. The van der Waals surface area contributed by atoms with Crippen LogP contribution in [-0.4, -0.2) is 60.2 Å². The standard InChI is InChI=1S/C24H34FN3O2/c1-18(2)24(29)28(11-12-30-4)15-20-14-27(16-22-9-6-10-26(22)3)17-23(20)19-7-5-8-21(25)13-19/h5-10,13,18,20,23H,11-12,14-17H2,1-4H3/t20-,23+/m1/s1. The van der Waals surface area contributed by atoms with E-state index in [2.05, 4.69) is 34.8 Å². The van der Waals surface area contributed by atoms with Gasteiger partial charge in [0.05, 0.1) is 6.61 Å². The maximum Gasteiger partial charge on any atom is 0.225 e. The second-order valence-electron chi connectivity index (χ2n) is 8.66. The van der Waals surface area contributed by atoms with Gasteiger partial charge in [-0.05, 0) is 35.7 Å². The Morgan fingerprint density at radius 3 is 2.70 bits per heavy atom. The molecule has 0 unspecified atom stereocenters. The molecule has 1 fully saturated rings. The number of ether oxygens (including phenoxy) is 1. The Bertz CT molecular complexity index is 835. The fraction of sp³-hybridized carbons (Fsp3) is 0.542.